The third-order valence-corrected chi connectivity index (χ3v) is 6.72. The maximum Gasteiger partial charge on any atom is 0.219 e. The Morgan fingerprint density at radius 1 is 1.22 bits per heavy atom. The van der Waals surface area contributed by atoms with Gasteiger partial charge in [-0.25, -0.2) is 0 Å². The van der Waals surface area contributed by atoms with E-state index in [4.69, 9.17) is 11.1 Å². The lowest BCUT2D eigenvalue weighted by molar-refractivity contribution is 0.113. The Kier molecular flexibility index (Phi) is 10.1. The van der Waals surface area contributed by atoms with Gasteiger partial charge in [-0.2, -0.15) is 4.99 Å². The SMILES string of the molecule is C=Cc1cc(C(/C=C\C)=C/C(=C/CC)CC)ccc1C(N)=NC(=N)N(C)C1CC(C)(C)NC(C)(C)C1. The second-order valence-corrected chi connectivity index (χ2v) is 11.0. The third-order valence-electron chi connectivity index (χ3n) is 6.72. The van der Waals surface area contributed by atoms with Gasteiger partial charge >= 0.3 is 0 Å². The number of piperidine rings is 1. The van der Waals surface area contributed by atoms with Gasteiger partial charge < -0.3 is 16.0 Å². The minimum absolute atomic E-state index is 0.00975. The van der Waals surface area contributed by atoms with Crippen molar-refractivity contribution in [3.8, 4) is 0 Å². The molecule has 5 nitrogen and oxygen atoms in total. The zero-order valence-electron chi connectivity index (χ0n) is 23.7. The molecule has 4 N–H and O–H groups in total. The molecule has 1 aliphatic rings. The first-order valence-corrected chi connectivity index (χ1v) is 13.1. The number of nitrogens with zero attached hydrogens (tertiary/aromatic N) is 2. The number of aliphatic imine (C=N–C) groups is 1. The van der Waals surface area contributed by atoms with Crippen LogP contribution in [-0.4, -0.2) is 40.9 Å². The first-order valence-electron chi connectivity index (χ1n) is 13.1. The number of hydrogen-bond donors (Lipinski definition) is 3. The maximum absolute atomic E-state index is 8.69. The molecule has 1 aromatic carbocycles. The monoisotopic (exact) mass is 489 g/mol. The summed E-state index contributed by atoms with van der Waals surface area (Å²) in [4.78, 5) is 6.48. The molecule has 2 rings (SSSR count). The molecule has 1 aliphatic heterocycles. The van der Waals surface area contributed by atoms with Gasteiger partial charge in [-0.1, -0.05) is 68.5 Å². The first-order chi connectivity index (χ1) is 16.9. The number of nitrogens with one attached hydrogen (secondary N) is 2. The zero-order valence-corrected chi connectivity index (χ0v) is 23.7. The lowest BCUT2D eigenvalue weighted by atomic mass is 9.79. The fourth-order valence-corrected chi connectivity index (χ4v) is 5.29. The van der Waals surface area contributed by atoms with Gasteiger partial charge in [-0.05, 0) is 83.1 Å². The Hall–Kier alpha value is -2.92. The molecular formula is C31H47N5. The van der Waals surface area contributed by atoms with Crippen LogP contribution < -0.4 is 11.1 Å². The van der Waals surface area contributed by atoms with Gasteiger partial charge in [0.1, 0.15) is 5.84 Å². The van der Waals surface area contributed by atoms with Crippen molar-refractivity contribution in [2.45, 2.75) is 91.3 Å². The Labute approximate surface area is 219 Å². The molecule has 0 aromatic heterocycles. The van der Waals surface area contributed by atoms with E-state index >= 15 is 0 Å². The van der Waals surface area contributed by atoms with Crippen LogP contribution in [-0.2, 0) is 0 Å². The normalized spacial score (nSPS) is 18.9. The summed E-state index contributed by atoms with van der Waals surface area (Å²) in [6.07, 6.45) is 14.4. The Bertz CT molecular complexity index is 1050. The van der Waals surface area contributed by atoms with Crippen LogP contribution in [0.4, 0.5) is 0 Å². The van der Waals surface area contributed by atoms with Crippen molar-refractivity contribution in [1.29, 1.82) is 5.41 Å². The van der Waals surface area contributed by atoms with Crippen molar-refractivity contribution >= 4 is 23.4 Å². The lowest BCUT2D eigenvalue weighted by Crippen LogP contribution is -2.62. The van der Waals surface area contributed by atoms with Gasteiger partial charge in [0.05, 0.1) is 0 Å². The van der Waals surface area contributed by atoms with E-state index in [0.717, 1.165) is 47.9 Å². The number of benzene rings is 1. The number of nitrogens with two attached hydrogens (primary N) is 1. The van der Waals surface area contributed by atoms with Gasteiger partial charge in [0.15, 0.2) is 0 Å². The van der Waals surface area contributed by atoms with E-state index in [2.05, 4.69) is 94.9 Å². The van der Waals surface area contributed by atoms with Gasteiger partial charge in [0.2, 0.25) is 5.96 Å². The fraction of sp³-hybridized carbons (Fsp3) is 0.484. The average Bonchev–Trinajstić information content (AvgIpc) is 2.80. The second-order valence-electron chi connectivity index (χ2n) is 11.0. The molecule has 196 valence electrons. The molecule has 0 saturated carbocycles. The highest BCUT2D eigenvalue weighted by Gasteiger charge is 2.39. The van der Waals surface area contributed by atoms with Crippen molar-refractivity contribution in [3.63, 3.8) is 0 Å². The van der Waals surface area contributed by atoms with E-state index in [1.807, 2.05) is 31.0 Å². The van der Waals surface area contributed by atoms with E-state index in [9.17, 15) is 0 Å². The summed E-state index contributed by atoms with van der Waals surface area (Å²) in [5, 5.41) is 12.4. The smallest absolute Gasteiger partial charge is 0.219 e. The van der Waals surface area contributed by atoms with Gasteiger partial charge in [-0.15, -0.1) is 0 Å². The van der Waals surface area contributed by atoms with Crippen molar-refractivity contribution in [2.24, 2.45) is 10.7 Å². The first kappa shape index (κ1) is 29.3. The van der Waals surface area contributed by atoms with Crippen LogP contribution >= 0.6 is 0 Å². The summed E-state index contributed by atoms with van der Waals surface area (Å²) in [7, 11) is 1.95. The largest absolute Gasteiger partial charge is 0.383 e. The predicted octanol–water partition coefficient (Wildman–Crippen LogP) is 6.92. The fourth-order valence-electron chi connectivity index (χ4n) is 5.29. The molecular weight excluding hydrogens is 442 g/mol. The quantitative estimate of drug-likeness (QED) is 0.211. The van der Waals surface area contributed by atoms with Gasteiger partial charge in [-0.3, -0.25) is 5.41 Å². The van der Waals surface area contributed by atoms with E-state index in [1.54, 1.807) is 0 Å². The minimum atomic E-state index is -0.00975. The molecule has 1 fully saturated rings. The van der Waals surface area contributed by atoms with Crippen molar-refractivity contribution < 1.29 is 0 Å². The summed E-state index contributed by atoms with van der Waals surface area (Å²) < 4.78 is 0. The van der Waals surface area contributed by atoms with Crippen molar-refractivity contribution in [2.75, 3.05) is 7.05 Å². The van der Waals surface area contributed by atoms with Crippen LogP contribution in [0.1, 0.15) is 90.8 Å². The summed E-state index contributed by atoms with van der Waals surface area (Å²) in [6, 6.07) is 6.36. The summed E-state index contributed by atoms with van der Waals surface area (Å²) in [5.74, 6) is 0.509. The van der Waals surface area contributed by atoms with E-state index in [0.29, 0.717) is 5.84 Å². The Morgan fingerprint density at radius 2 is 1.86 bits per heavy atom. The molecule has 0 unspecified atom stereocenters. The lowest BCUT2D eigenvalue weighted by Gasteiger charge is -2.49. The highest BCUT2D eigenvalue weighted by molar-refractivity contribution is 6.06. The zero-order chi connectivity index (χ0) is 27.1. The molecule has 0 amide bonds. The molecule has 0 radical (unpaired) electrons. The molecule has 0 atom stereocenters. The number of guanidine groups is 1. The van der Waals surface area contributed by atoms with Crippen LogP contribution in [0.5, 0.6) is 0 Å². The second kappa shape index (κ2) is 12.4. The van der Waals surface area contributed by atoms with Crippen molar-refractivity contribution in [1.82, 2.24) is 10.2 Å². The van der Waals surface area contributed by atoms with Crippen LogP contribution in [0, 0.1) is 5.41 Å². The van der Waals surface area contributed by atoms with Crippen LogP contribution in [0.15, 0.2) is 59.6 Å². The van der Waals surface area contributed by atoms with Crippen molar-refractivity contribution in [3.05, 3.63) is 71.3 Å². The van der Waals surface area contributed by atoms with Crippen LogP contribution in [0.3, 0.4) is 0 Å². The summed E-state index contributed by atoms with van der Waals surface area (Å²) in [6.45, 7) is 19.2. The topological polar surface area (TPSA) is 77.5 Å². The van der Waals surface area contributed by atoms with E-state index in [1.165, 1.54) is 5.57 Å². The highest BCUT2D eigenvalue weighted by Crippen LogP contribution is 2.31. The summed E-state index contributed by atoms with van der Waals surface area (Å²) in [5.41, 5.74) is 11.7. The number of allylic oxidation sites excluding steroid dienone is 6. The summed E-state index contributed by atoms with van der Waals surface area (Å²) >= 11 is 0. The average molecular weight is 490 g/mol. The predicted molar refractivity (Wildman–Crippen MR) is 159 cm³/mol. The highest BCUT2D eigenvalue weighted by atomic mass is 15.3. The molecule has 0 bridgehead atoms. The molecule has 1 saturated heterocycles. The standard InChI is InChI=1S/C31H47N5/c1-10-14-22(12-3)18-24(15-11-2)25-16-17-27(23(13-4)19-25)28(32)34-29(33)36(9)26-20-30(5,6)35-31(7,8)21-26/h11,13-19,26,35H,4,10,12,20-21H2,1-3,5-9H3,(H3,32,33,34)/b15-11-,22-14+,24-18+. The Balaban J connectivity index is 2.36. The molecule has 36 heavy (non-hydrogen) atoms. The third kappa shape index (κ3) is 7.79. The molecule has 1 aromatic rings. The molecule has 0 aliphatic carbocycles. The molecule has 5 heteroatoms. The van der Waals surface area contributed by atoms with Crippen LogP contribution in [0.25, 0.3) is 11.6 Å². The van der Waals surface area contributed by atoms with Gasteiger partial charge in [0.25, 0.3) is 0 Å². The maximum atomic E-state index is 8.69. The van der Waals surface area contributed by atoms with Crippen LogP contribution in [0.2, 0.25) is 0 Å². The minimum Gasteiger partial charge on any atom is -0.383 e. The number of hydrogen-bond acceptors (Lipinski definition) is 2. The molecule has 1 heterocycles. The number of rotatable bonds is 8. The molecule has 0 spiro atoms. The van der Waals surface area contributed by atoms with E-state index in [-0.39, 0.29) is 23.1 Å². The van der Waals surface area contributed by atoms with Gasteiger partial charge in [0, 0.05) is 29.7 Å². The Morgan fingerprint density at radius 3 is 2.39 bits per heavy atom. The van der Waals surface area contributed by atoms with E-state index < -0.39 is 0 Å². The number of amidine groups is 1.